The lowest BCUT2D eigenvalue weighted by atomic mass is 10.2. The zero-order valence-electron chi connectivity index (χ0n) is 15.8. The lowest BCUT2D eigenvalue weighted by molar-refractivity contribution is 0.0976. The van der Waals surface area contributed by atoms with Crippen LogP contribution in [0.5, 0.6) is 5.75 Å². The molecule has 0 fully saturated rings. The summed E-state index contributed by atoms with van der Waals surface area (Å²) in [5.41, 5.74) is -0.0270. The van der Waals surface area contributed by atoms with Crippen LogP contribution in [0.1, 0.15) is 23.1 Å². The molecule has 0 radical (unpaired) electrons. The molecule has 1 heterocycles. The smallest absolute Gasteiger partial charge is 0.285 e. The second kappa shape index (κ2) is 8.41. The largest absolute Gasteiger partial charge is 0.497 e. The second-order valence-corrected chi connectivity index (χ2v) is 8.18. The minimum Gasteiger partial charge on any atom is -0.497 e. The van der Waals surface area contributed by atoms with E-state index in [1.165, 1.54) is 25.3 Å². The van der Waals surface area contributed by atoms with Crippen molar-refractivity contribution in [2.24, 2.45) is 0 Å². The second-order valence-electron chi connectivity index (χ2n) is 6.12. The molecule has 0 aliphatic rings. The molecule has 0 unspecified atom stereocenters. The standard InChI is InChI=1S/C19H16ClF2N3O4S/c1-3-15-17(24-18(23-15)12-6-4-10(21)8-14(12)22)19(26)25-30(27,28)16-9-11(29-2)5-7-13(16)20/h4-9H,3H2,1-2H3,(H,23,24)(H,25,26). The average molecular weight is 456 g/mol. The Morgan fingerprint density at radius 1 is 1.23 bits per heavy atom. The molecule has 0 saturated heterocycles. The van der Waals surface area contributed by atoms with Crippen LogP contribution in [0, 0.1) is 11.6 Å². The van der Waals surface area contributed by atoms with Gasteiger partial charge in [-0.3, -0.25) is 4.79 Å². The van der Waals surface area contributed by atoms with Crippen molar-refractivity contribution in [1.29, 1.82) is 0 Å². The number of nitrogens with one attached hydrogen (secondary N) is 2. The van der Waals surface area contributed by atoms with Gasteiger partial charge in [0.1, 0.15) is 28.1 Å². The number of benzene rings is 2. The maximum absolute atomic E-state index is 14.1. The minimum atomic E-state index is -4.35. The Morgan fingerprint density at radius 2 is 1.97 bits per heavy atom. The van der Waals surface area contributed by atoms with Gasteiger partial charge in [-0.05, 0) is 30.7 Å². The zero-order chi connectivity index (χ0) is 22.1. The highest BCUT2D eigenvalue weighted by Gasteiger charge is 2.26. The van der Waals surface area contributed by atoms with Crippen LogP contribution in [0.4, 0.5) is 8.78 Å². The fraction of sp³-hybridized carbons (Fsp3) is 0.158. The van der Waals surface area contributed by atoms with E-state index in [4.69, 9.17) is 16.3 Å². The number of nitrogens with zero attached hydrogens (tertiary/aromatic N) is 1. The molecule has 0 bridgehead atoms. The molecule has 3 aromatic rings. The topological polar surface area (TPSA) is 101 Å². The Balaban J connectivity index is 1.96. The number of sulfonamides is 1. The van der Waals surface area contributed by atoms with E-state index in [0.29, 0.717) is 6.07 Å². The summed E-state index contributed by atoms with van der Waals surface area (Å²) in [6.45, 7) is 1.70. The van der Waals surface area contributed by atoms with Crippen LogP contribution < -0.4 is 9.46 Å². The Morgan fingerprint density at radius 3 is 2.60 bits per heavy atom. The average Bonchev–Trinajstić information content (AvgIpc) is 3.12. The van der Waals surface area contributed by atoms with E-state index in [1.807, 2.05) is 4.72 Å². The molecule has 0 aliphatic heterocycles. The van der Waals surface area contributed by atoms with Gasteiger partial charge in [-0.1, -0.05) is 18.5 Å². The van der Waals surface area contributed by atoms with Crippen LogP contribution in [-0.4, -0.2) is 31.4 Å². The molecule has 2 N–H and O–H groups in total. The van der Waals surface area contributed by atoms with Gasteiger partial charge in [0, 0.05) is 17.8 Å². The van der Waals surface area contributed by atoms with Crippen LogP contribution in [0.3, 0.4) is 0 Å². The predicted molar refractivity (Wildman–Crippen MR) is 106 cm³/mol. The third kappa shape index (κ3) is 4.29. The SMILES string of the molecule is CCc1[nH]c(-c2ccc(F)cc2F)nc1C(=O)NS(=O)(=O)c1cc(OC)ccc1Cl. The maximum atomic E-state index is 14.1. The minimum absolute atomic E-state index is 0.0358. The van der Waals surface area contributed by atoms with E-state index < -0.39 is 27.6 Å². The zero-order valence-corrected chi connectivity index (χ0v) is 17.4. The van der Waals surface area contributed by atoms with Gasteiger partial charge in [-0.2, -0.15) is 0 Å². The van der Waals surface area contributed by atoms with Gasteiger partial charge >= 0.3 is 0 Å². The predicted octanol–water partition coefficient (Wildman–Crippen LogP) is 3.70. The van der Waals surface area contributed by atoms with Gasteiger partial charge < -0.3 is 9.72 Å². The molecule has 3 rings (SSSR count). The van der Waals surface area contributed by atoms with E-state index in [-0.39, 0.29) is 44.9 Å². The van der Waals surface area contributed by atoms with Crippen LogP contribution in [0.15, 0.2) is 41.3 Å². The van der Waals surface area contributed by atoms with Crippen molar-refractivity contribution in [3.05, 3.63) is 64.4 Å². The highest BCUT2D eigenvalue weighted by molar-refractivity contribution is 7.90. The number of halogens is 3. The van der Waals surface area contributed by atoms with Gasteiger partial charge in [-0.15, -0.1) is 0 Å². The molecule has 0 atom stereocenters. The number of rotatable bonds is 6. The highest BCUT2D eigenvalue weighted by atomic mass is 35.5. The fourth-order valence-electron chi connectivity index (χ4n) is 2.70. The number of aryl methyl sites for hydroxylation is 1. The number of carbonyl (C=O) groups excluding carboxylic acids is 1. The van der Waals surface area contributed by atoms with E-state index in [2.05, 4.69) is 9.97 Å². The van der Waals surface area contributed by atoms with Crippen molar-refractivity contribution in [2.75, 3.05) is 7.11 Å². The number of hydrogen-bond acceptors (Lipinski definition) is 5. The first-order valence-electron chi connectivity index (χ1n) is 8.61. The van der Waals surface area contributed by atoms with Crippen molar-refractivity contribution in [1.82, 2.24) is 14.7 Å². The quantitative estimate of drug-likeness (QED) is 0.590. The molecule has 30 heavy (non-hydrogen) atoms. The first-order valence-corrected chi connectivity index (χ1v) is 10.5. The molecule has 0 saturated carbocycles. The maximum Gasteiger partial charge on any atom is 0.285 e. The van der Waals surface area contributed by atoms with Gasteiger partial charge in [0.2, 0.25) is 0 Å². The summed E-state index contributed by atoms with van der Waals surface area (Å²) in [6.07, 6.45) is 0.276. The van der Waals surface area contributed by atoms with Crippen molar-refractivity contribution in [2.45, 2.75) is 18.2 Å². The van der Waals surface area contributed by atoms with Crippen molar-refractivity contribution in [3.8, 4) is 17.1 Å². The molecule has 7 nitrogen and oxygen atoms in total. The highest BCUT2D eigenvalue weighted by Crippen LogP contribution is 2.27. The number of imidazole rings is 1. The lowest BCUT2D eigenvalue weighted by Gasteiger charge is -2.09. The number of H-pyrrole nitrogens is 1. The number of aromatic amines is 1. The summed E-state index contributed by atoms with van der Waals surface area (Å²) < 4.78 is 59.4. The summed E-state index contributed by atoms with van der Waals surface area (Å²) in [7, 11) is -3.00. The number of ether oxygens (including phenoxy) is 1. The Bertz CT molecular complexity index is 1230. The molecular formula is C19H16ClF2N3O4S. The summed E-state index contributed by atoms with van der Waals surface area (Å²) >= 11 is 5.96. The third-order valence-electron chi connectivity index (χ3n) is 4.19. The van der Waals surface area contributed by atoms with Gasteiger partial charge in [0.25, 0.3) is 15.9 Å². The number of amides is 1. The summed E-state index contributed by atoms with van der Waals surface area (Å²) in [6, 6.07) is 6.84. The van der Waals surface area contributed by atoms with E-state index in [0.717, 1.165) is 12.1 Å². The van der Waals surface area contributed by atoms with Crippen molar-refractivity contribution < 1.29 is 26.7 Å². The number of methoxy groups -OCH3 is 1. The lowest BCUT2D eigenvalue weighted by Crippen LogP contribution is -2.31. The molecule has 11 heteroatoms. The summed E-state index contributed by atoms with van der Waals surface area (Å²) in [5, 5.41) is -0.108. The van der Waals surface area contributed by atoms with Crippen LogP contribution in [-0.2, 0) is 16.4 Å². The molecule has 158 valence electrons. The van der Waals surface area contributed by atoms with Crippen molar-refractivity contribution in [3.63, 3.8) is 0 Å². The monoisotopic (exact) mass is 455 g/mol. The Hall–Kier alpha value is -2.98. The van der Waals surface area contributed by atoms with E-state index in [1.54, 1.807) is 6.92 Å². The Labute approximate surface area is 176 Å². The molecule has 2 aromatic carbocycles. The van der Waals surface area contributed by atoms with Crippen molar-refractivity contribution >= 4 is 27.5 Å². The van der Waals surface area contributed by atoms with Gasteiger partial charge in [-0.25, -0.2) is 26.9 Å². The Kier molecular flexibility index (Phi) is 6.09. The number of aromatic nitrogens is 2. The first-order chi connectivity index (χ1) is 14.2. The first kappa shape index (κ1) is 21.7. The molecule has 0 spiro atoms. The van der Waals surface area contributed by atoms with Crippen LogP contribution in [0.2, 0.25) is 5.02 Å². The van der Waals surface area contributed by atoms with Gasteiger partial charge in [0.15, 0.2) is 5.69 Å². The van der Waals surface area contributed by atoms with Crippen LogP contribution >= 0.6 is 11.6 Å². The number of hydrogen-bond donors (Lipinski definition) is 2. The molecule has 1 amide bonds. The third-order valence-corrected chi connectivity index (χ3v) is 6.00. The van der Waals surface area contributed by atoms with Crippen LogP contribution in [0.25, 0.3) is 11.4 Å². The van der Waals surface area contributed by atoms with E-state index >= 15 is 0 Å². The summed E-state index contributed by atoms with van der Waals surface area (Å²) in [5.74, 6) is -2.48. The molecule has 1 aromatic heterocycles. The number of carbonyl (C=O) groups is 1. The van der Waals surface area contributed by atoms with E-state index in [9.17, 15) is 22.0 Å². The van der Waals surface area contributed by atoms with Gasteiger partial charge in [0.05, 0.1) is 17.7 Å². The molecule has 0 aliphatic carbocycles. The normalized spacial score (nSPS) is 11.4. The molecular weight excluding hydrogens is 440 g/mol. The fourth-order valence-corrected chi connectivity index (χ4v) is 4.17. The summed E-state index contributed by atoms with van der Waals surface area (Å²) in [4.78, 5) is 19.1.